The zero-order valence-electron chi connectivity index (χ0n) is 14.5. The third kappa shape index (κ3) is 7.00. The van der Waals surface area contributed by atoms with Crippen LogP contribution in [0.1, 0.15) is 16.7 Å². The molecule has 8 nitrogen and oxygen atoms in total. The monoisotopic (exact) mass is 390 g/mol. The minimum absolute atomic E-state index is 0.0711. The highest BCUT2D eigenvalue weighted by Gasteiger charge is 2.11. The summed E-state index contributed by atoms with van der Waals surface area (Å²) in [4.78, 5) is 21.7. The second kappa shape index (κ2) is 9.06. The van der Waals surface area contributed by atoms with Crippen molar-refractivity contribution in [2.45, 2.75) is 13.5 Å². The second-order valence-corrected chi connectivity index (χ2v) is 7.31. The number of carbonyl (C=O) groups is 1. The largest absolute Gasteiger partial charge is 0.460 e. The quantitative estimate of drug-likeness (QED) is 0.421. The average Bonchev–Trinajstić information content (AvgIpc) is 2.65. The fourth-order valence-corrected chi connectivity index (χ4v) is 2.73. The molecule has 0 amide bonds. The number of carbonyl (C=O) groups excluding carboxylic acids is 1. The summed E-state index contributed by atoms with van der Waals surface area (Å²) in [6.07, 6.45) is 1.42. The van der Waals surface area contributed by atoms with Gasteiger partial charge in [-0.2, -0.15) is 0 Å². The normalized spacial score (nSPS) is 11.4. The minimum Gasteiger partial charge on any atom is -0.460 e. The number of nitrogens with zero attached hydrogens (tertiary/aromatic N) is 1. The molecule has 2 aromatic rings. The molecule has 0 aliphatic rings. The van der Waals surface area contributed by atoms with Crippen LogP contribution in [0.3, 0.4) is 0 Å². The topological polar surface area (TPSA) is 116 Å². The molecule has 0 saturated heterocycles. The molecule has 0 bridgehead atoms. The summed E-state index contributed by atoms with van der Waals surface area (Å²) >= 11 is 0. The van der Waals surface area contributed by atoms with Crippen LogP contribution in [0, 0.1) is 17.0 Å². The molecule has 0 radical (unpaired) electrons. The van der Waals surface area contributed by atoms with E-state index in [4.69, 9.17) is 4.74 Å². The maximum atomic E-state index is 11.9. The number of sulfonamides is 1. The average molecular weight is 390 g/mol. The predicted molar refractivity (Wildman–Crippen MR) is 100 cm³/mol. The molecule has 0 aliphatic carbocycles. The van der Waals surface area contributed by atoms with Crippen molar-refractivity contribution >= 4 is 27.8 Å². The number of nitro benzene ring substituents is 1. The van der Waals surface area contributed by atoms with Gasteiger partial charge in [-0.3, -0.25) is 14.9 Å². The van der Waals surface area contributed by atoms with Crippen LogP contribution in [0.4, 0.5) is 5.69 Å². The molecular formula is C18H18N2O6S. The molecule has 2 aromatic carbocycles. The van der Waals surface area contributed by atoms with Gasteiger partial charge in [-0.1, -0.05) is 29.8 Å². The number of hydrogen-bond acceptors (Lipinski definition) is 6. The Balaban J connectivity index is 1.81. The highest BCUT2D eigenvalue weighted by Crippen LogP contribution is 2.12. The summed E-state index contributed by atoms with van der Waals surface area (Å²) in [5, 5.41) is 11.5. The highest BCUT2D eigenvalue weighted by atomic mass is 32.2. The lowest BCUT2D eigenvalue weighted by Crippen LogP contribution is -2.29. The number of aryl methyl sites for hydroxylation is 1. The fraction of sp³-hybridized carbons (Fsp3) is 0.167. The third-order valence-corrected chi connectivity index (χ3v) is 4.52. The lowest BCUT2D eigenvalue weighted by Gasteiger charge is -2.05. The molecule has 0 fully saturated rings. The lowest BCUT2D eigenvalue weighted by molar-refractivity contribution is -0.384. The number of benzene rings is 2. The molecular weight excluding hydrogens is 372 g/mol. The second-order valence-electron chi connectivity index (χ2n) is 5.66. The molecule has 27 heavy (non-hydrogen) atoms. The van der Waals surface area contributed by atoms with E-state index < -0.39 is 27.5 Å². The molecule has 0 heterocycles. The van der Waals surface area contributed by atoms with Crippen molar-refractivity contribution in [3.8, 4) is 0 Å². The standard InChI is InChI=1S/C18H18N2O6S/c1-14-2-4-15(5-3-14)10-11-27(24,25)19-12-18(21)26-13-16-6-8-17(9-7-16)20(22)23/h2-11,19H,12-13H2,1H3. The van der Waals surface area contributed by atoms with E-state index in [0.29, 0.717) is 11.1 Å². The summed E-state index contributed by atoms with van der Waals surface area (Å²) in [7, 11) is -3.79. The number of esters is 1. The Hall–Kier alpha value is -3.04. The van der Waals surface area contributed by atoms with Crippen LogP contribution in [-0.2, 0) is 26.2 Å². The molecule has 0 unspecified atom stereocenters. The molecule has 0 saturated carbocycles. The van der Waals surface area contributed by atoms with Crippen molar-refractivity contribution in [2.75, 3.05) is 6.54 Å². The molecule has 142 valence electrons. The van der Waals surface area contributed by atoms with Crippen molar-refractivity contribution in [2.24, 2.45) is 0 Å². The van der Waals surface area contributed by atoms with Crippen LogP contribution in [-0.4, -0.2) is 25.9 Å². The first-order valence-corrected chi connectivity index (χ1v) is 9.43. The van der Waals surface area contributed by atoms with Crippen LogP contribution < -0.4 is 4.72 Å². The fourth-order valence-electron chi connectivity index (χ4n) is 1.98. The maximum absolute atomic E-state index is 11.9. The van der Waals surface area contributed by atoms with Gasteiger partial charge in [-0.15, -0.1) is 0 Å². The number of nitro groups is 1. The van der Waals surface area contributed by atoms with E-state index in [1.165, 1.54) is 30.3 Å². The number of nitrogens with one attached hydrogen (secondary N) is 1. The van der Waals surface area contributed by atoms with E-state index >= 15 is 0 Å². The molecule has 1 N–H and O–H groups in total. The van der Waals surface area contributed by atoms with Crippen molar-refractivity contribution in [1.82, 2.24) is 4.72 Å². The Morgan fingerprint density at radius 1 is 1.15 bits per heavy atom. The Labute approximate surface area is 156 Å². The van der Waals surface area contributed by atoms with Crippen molar-refractivity contribution in [3.63, 3.8) is 0 Å². The van der Waals surface area contributed by atoms with Gasteiger partial charge in [-0.05, 0) is 36.3 Å². The van der Waals surface area contributed by atoms with Gasteiger partial charge in [0.05, 0.1) is 4.92 Å². The zero-order valence-corrected chi connectivity index (χ0v) is 15.3. The van der Waals surface area contributed by atoms with E-state index in [1.54, 1.807) is 12.1 Å². The van der Waals surface area contributed by atoms with Crippen LogP contribution in [0.25, 0.3) is 6.08 Å². The first-order chi connectivity index (χ1) is 12.7. The minimum atomic E-state index is -3.79. The maximum Gasteiger partial charge on any atom is 0.321 e. The van der Waals surface area contributed by atoms with Crippen LogP contribution >= 0.6 is 0 Å². The number of hydrogen-bond donors (Lipinski definition) is 1. The summed E-state index contributed by atoms with van der Waals surface area (Å²) < 4.78 is 30.8. The molecule has 2 rings (SSSR count). The van der Waals surface area contributed by atoms with Crippen LogP contribution in [0.15, 0.2) is 53.9 Å². The Morgan fingerprint density at radius 2 is 1.78 bits per heavy atom. The van der Waals surface area contributed by atoms with Gasteiger partial charge in [0.15, 0.2) is 0 Å². The van der Waals surface area contributed by atoms with Crippen LogP contribution in [0.5, 0.6) is 0 Å². The van der Waals surface area contributed by atoms with E-state index in [-0.39, 0.29) is 12.3 Å². The van der Waals surface area contributed by atoms with Gasteiger partial charge < -0.3 is 4.74 Å². The van der Waals surface area contributed by atoms with Gasteiger partial charge >= 0.3 is 5.97 Å². The highest BCUT2D eigenvalue weighted by molar-refractivity contribution is 7.92. The van der Waals surface area contributed by atoms with Gasteiger partial charge in [0.25, 0.3) is 5.69 Å². The van der Waals surface area contributed by atoms with Crippen molar-refractivity contribution in [3.05, 3.63) is 80.7 Å². The van der Waals surface area contributed by atoms with E-state index in [2.05, 4.69) is 4.72 Å². The molecule has 0 aliphatic heterocycles. The number of non-ortho nitro benzene ring substituents is 1. The number of ether oxygens (including phenoxy) is 1. The lowest BCUT2D eigenvalue weighted by atomic mass is 10.2. The zero-order chi connectivity index (χ0) is 19.9. The third-order valence-electron chi connectivity index (χ3n) is 3.48. The van der Waals surface area contributed by atoms with Crippen LogP contribution in [0.2, 0.25) is 0 Å². The summed E-state index contributed by atoms with van der Waals surface area (Å²) in [5.41, 5.74) is 2.25. The first-order valence-electron chi connectivity index (χ1n) is 7.88. The van der Waals surface area contributed by atoms with E-state index in [0.717, 1.165) is 11.0 Å². The Morgan fingerprint density at radius 3 is 2.37 bits per heavy atom. The van der Waals surface area contributed by atoms with Crippen molar-refractivity contribution in [1.29, 1.82) is 0 Å². The van der Waals surface area contributed by atoms with Gasteiger partial charge in [0.1, 0.15) is 13.2 Å². The molecule has 9 heteroatoms. The van der Waals surface area contributed by atoms with Crippen molar-refractivity contribution < 1.29 is 22.9 Å². The molecule has 0 atom stereocenters. The summed E-state index contributed by atoms with van der Waals surface area (Å²) in [6.45, 7) is 1.29. The number of rotatable bonds is 8. The molecule has 0 spiro atoms. The predicted octanol–water partition coefficient (Wildman–Crippen LogP) is 2.54. The Bertz CT molecular complexity index is 935. The molecule has 0 aromatic heterocycles. The van der Waals surface area contributed by atoms with Gasteiger partial charge in [0.2, 0.25) is 10.0 Å². The van der Waals surface area contributed by atoms with Gasteiger partial charge in [-0.25, -0.2) is 13.1 Å². The summed E-state index contributed by atoms with van der Waals surface area (Å²) in [5.74, 6) is -0.763. The first kappa shape index (κ1) is 20.3. The smallest absolute Gasteiger partial charge is 0.321 e. The van der Waals surface area contributed by atoms with Gasteiger partial charge in [0, 0.05) is 17.5 Å². The van der Waals surface area contributed by atoms with E-state index in [9.17, 15) is 23.3 Å². The van der Waals surface area contributed by atoms with E-state index in [1.807, 2.05) is 19.1 Å². The summed E-state index contributed by atoms with van der Waals surface area (Å²) in [6, 6.07) is 12.8. The SMILES string of the molecule is Cc1ccc(C=CS(=O)(=O)NCC(=O)OCc2ccc([N+](=O)[O-])cc2)cc1. The Kier molecular flexibility index (Phi) is 6.80.